The van der Waals surface area contributed by atoms with Crippen LogP contribution in [0.2, 0.25) is 0 Å². The van der Waals surface area contributed by atoms with Crippen molar-refractivity contribution in [3.8, 4) is 0 Å². The van der Waals surface area contributed by atoms with E-state index in [2.05, 4.69) is 15.6 Å². The maximum absolute atomic E-state index is 14.0. The van der Waals surface area contributed by atoms with Crippen molar-refractivity contribution < 1.29 is 14.4 Å². The van der Waals surface area contributed by atoms with Crippen LogP contribution in [-0.4, -0.2) is 46.2 Å². The number of carbonyl (C=O) groups is 3. The Labute approximate surface area is 221 Å². The molecule has 0 fully saturated rings. The monoisotopic (exact) mass is 506 g/mol. The van der Waals surface area contributed by atoms with Gasteiger partial charge in [0.25, 0.3) is 5.91 Å². The lowest BCUT2D eigenvalue weighted by Crippen LogP contribution is -2.57. The van der Waals surface area contributed by atoms with Gasteiger partial charge in [0.1, 0.15) is 12.1 Å². The van der Waals surface area contributed by atoms with Gasteiger partial charge in [-0.2, -0.15) is 0 Å². The third kappa shape index (κ3) is 4.04. The summed E-state index contributed by atoms with van der Waals surface area (Å²) < 4.78 is 0. The van der Waals surface area contributed by atoms with Crippen molar-refractivity contribution in [2.45, 2.75) is 44.3 Å². The highest BCUT2D eigenvalue weighted by molar-refractivity contribution is 6.04. The zero-order valence-corrected chi connectivity index (χ0v) is 21.2. The first-order valence-corrected chi connectivity index (χ1v) is 13.2. The van der Waals surface area contributed by atoms with Gasteiger partial charge in [0, 0.05) is 41.5 Å². The number of fused-ring (bicyclic) bond motifs is 7. The van der Waals surface area contributed by atoms with Crippen LogP contribution in [0.3, 0.4) is 0 Å². The Morgan fingerprint density at radius 2 is 1.74 bits per heavy atom. The van der Waals surface area contributed by atoms with E-state index in [1.807, 2.05) is 85.8 Å². The van der Waals surface area contributed by atoms with Gasteiger partial charge in [-0.15, -0.1) is 0 Å². The van der Waals surface area contributed by atoms with Gasteiger partial charge in [-0.1, -0.05) is 73.7 Å². The summed E-state index contributed by atoms with van der Waals surface area (Å²) >= 11 is 0. The minimum Gasteiger partial charge on any atom is -0.356 e. The molecule has 3 heterocycles. The number of hydrogen-bond acceptors (Lipinski definition) is 3. The van der Waals surface area contributed by atoms with Gasteiger partial charge in [0.05, 0.1) is 6.04 Å². The molecule has 3 unspecified atom stereocenters. The summed E-state index contributed by atoms with van der Waals surface area (Å²) in [5.74, 6) is -0.704. The first kappa shape index (κ1) is 24.0. The Hall–Kier alpha value is -4.39. The van der Waals surface area contributed by atoms with Crippen LogP contribution < -0.4 is 10.6 Å². The van der Waals surface area contributed by atoms with Crippen LogP contribution in [-0.2, 0) is 22.4 Å². The lowest BCUT2D eigenvalue weighted by molar-refractivity contribution is -0.132. The maximum Gasteiger partial charge on any atom is 0.255 e. The van der Waals surface area contributed by atoms with Crippen molar-refractivity contribution in [2.24, 2.45) is 0 Å². The summed E-state index contributed by atoms with van der Waals surface area (Å²) in [6.45, 7) is 2.52. The summed E-state index contributed by atoms with van der Waals surface area (Å²) in [5, 5.41) is 7.00. The third-order valence-corrected chi connectivity index (χ3v) is 7.62. The Bertz CT molecular complexity index is 1530. The highest BCUT2D eigenvalue weighted by Gasteiger charge is 2.49. The van der Waals surface area contributed by atoms with Crippen molar-refractivity contribution in [2.75, 3.05) is 6.54 Å². The second-order valence-corrected chi connectivity index (χ2v) is 10.0. The fourth-order valence-electron chi connectivity index (χ4n) is 5.84. The zero-order valence-electron chi connectivity index (χ0n) is 21.2. The van der Waals surface area contributed by atoms with Gasteiger partial charge in [-0.05, 0) is 35.2 Å². The second kappa shape index (κ2) is 9.82. The molecule has 192 valence electrons. The molecule has 2 aliphatic heterocycles. The molecule has 38 heavy (non-hydrogen) atoms. The molecule has 0 radical (unpaired) electrons. The Morgan fingerprint density at radius 1 is 1.00 bits per heavy atom. The topological polar surface area (TPSA) is 94.3 Å². The molecule has 1 aromatic heterocycles. The van der Waals surface area contributed by atoms with Crippen LogP contribution in [0.4, 0.5) is 0 Å². The Morgan fingerprint density at radius 3 is 2.55 bits per heavy atom. The molecule has 7 heteroatoms. The number of hydrogen-bond donors (Lipinski definition) is 3. The summed E-state index contributed by atoms with van der Waals surface area (Å²) in [7, 11) is 0. The van der Waals surface area contributed by atoms with Crippen molar-refractivity contribution in [3.63, 3.8) is 0 Å². The van der Waals surface area contributed by atoms with Gasteiger partial charge in [0.15, 0.2) is 0 Å². The Kier molecular flexibility index (Phi) is 6.19. The van der Waals surface area contributed by atoms with Crippen LogP contribution in [0.15, 0.2) is 78.9 Å². The third-order valence-electron chi connectivity index (χ3n) is 7.62. The highest BCUT2D eigenvalue weighted by atomic mass is 16.2. The Balaban J connectivity index is 1.37. The maximum atomic E-state index is 14.0. The van der Waals surface area contributed by atoms with Gasteiger partial charge >= 0.3 is 0 Å². The molecule has 0 saturated carbocycles. The molecule has 0 spiro atoms. The minimum atomic E-state index is -0.751. The van der Waals surface area contributed by atoms with Crippen molar-refractivity contribution >= 4 is 28.6 Å². The van der Waals surface area contributed by atoms with Gasteiger partial charge in [-0.25, -0.2) is 0 Å². The first-order valence-electron chi connectivity index (χ1n) is 13.2. The van der Waals surface area contributed by atoms with E-state index in [0.29, 0.717) is 24.9 Å². The smallest absolute Gasteiger partial charge is 0.255 e. The predicted octanol–water partition coefficient (Wildman–Crippen LogP) is 3.89. The molecule has 0 bridgehead atoms. The molecule has 0 saturated heterocycles. The minimum absolute atomic E-state index is 0.162. The molecule has 3 aromatic carbocycles. The lowest BCUT2D eigenvalue weighted by atomic mass is 9.89. The summed E-state index contributed by atoms with van der Waals surface area (Å²) in [5.41, 5.74) is 5.44. The highest BCUT2D eigenvalue weighted by Crippen LogP contribution is 2.46. The number of aromatic amines is 1. The molecular formula is C31H30N4O3. The number of para-hydroxylation sites is 1. The molecule has 0 aliphatic carbocycles. The quantitative estimate of drug-likeness (QED) is 0.355. The average Bonchev–Trinajstić information content (AvgIpc) is 3.47. The largest absolute Gasteiger partial charge is 0.356 e. The number of aromatic nitrogens is 1. The molecule has 6 rings (SSSR count). The van der Waals surface area contributed by atoms with Crippen molar-refractivity contribution in [3.05, 3.63) is 107 Å². The van der Waals surface area contributed by atoms with Crippen LogP contribution in [0, 0.1) is 0 Å². The SMILES string of the molecule is CCCNC(=O)C(Cc1ccccc1)NC(=O)C1Cc2c([nH]c3ccccc23)C2c3ccccc3C(=O)N12. The molecule has 7 nitrogen and oxygen atoms in total. The summed E-state index contributed by atoms with van der Waals surface area (Å²) in [6.07, 6.45) is 1.53. The molecular weight excluding hydrogens is 476 g/mol. The van der Waals surface area contributed by atoms with E-state index in [1.165, 1.54) is 0 Å². The lowest BCUT2D eigenvalue weighted by Gasteiger charge is -2.37. The van der Waals surface area contributed by atoms with E-state index in [4.69, 9.17) is 0 Å². The van der Waals surface area contributed by atoms with E-state index in [1.54, 1.807) is 4.90 Å². The fraction of sp³-hybridized carbons (Fsp3) is 0.258. The average molecular weight is 507 g/mol. The number of rotatable bonds is 7. The summed E-state index contributed by atoms with van der Waals surface area (Å²) in [4.78, 5) is 46.0. The molecule has 2 aliphatic rings. The van der Waals surface area contributed by atoms with Crippen LogP contribution >= 0.6 is 0 Å². The van der Waals surface area contributed by atoms with Crippen LogP contribution in [0.5, 0.6) is 0 Å². The number of nitrogens with one attached hydrogen (secondary N) is 3. The van der Waals surface area contributed by atoms with E-state index in [-0.39, 0.29) is 23.8 Å². The van der Waals surface area contributed by atoms with Gasteiger partial charge in [0.2, 0.25) is 11.8 Å². The van der Waals surface area contributed by atoms with Crippen LogP contribution in [0.1, 0.15) is 52.1 Å². The van der Waals surface area contributed by atoms with E-state index in [9.17, 15) is 14.4 Å². The van der Waals surface area contributed by atoms with E-state index in [0.717, 1.165) is 39.7 Å². The number of amides is 3. The molecule has 3 atom stereocenters. The second-order valence-electron chi connectivity index (χ2n) is 10.0. The number of nitrogens with zero attached hydrogens (tertiary/aromatic N) is 1. The van der Waals surface area contributed by atoms with Crippen molar-refractivity contribution in [1.82, 2.24) is 20.5 Å². The first-order chi connectivity index (χ1) is 18.6. The predicted molar refractivity (Wildman–Crippen MR) is 146 cm³/mol. The molecule has 3 N–H and O–H groups in total. The fourth-order valence-corrected chi connectivity index (χ4v) is 5.84. The zero-order chi connectivity index (χ0) is 26.2. The van der Waals surface area contributed by atoms with Crippen LogP contribution in [0.25, 0.3) is 10.9 Å². The standard InChI is InChI=1S/C31H30N4O3/c1-2-16-32-29(36)25(17-19-10-4-3-5-11-19)34-30(37)26-18-23-20-12-8-9-15-24(20)33-27(23)28-21-13-6-7-14-22(21)31(38)35(26)28/h3-15,25-26,28,33H,2,16-18H2,1H3,(H,32,36)(H,34,37). The van der Waals surface area contributed by atoms with E-state index < -0.39 is 12.1 Å². The number of benzene rings is 3. The normalized spacial score (nSPS) is 18.4. The number of H-pyrrole nitrogens is 1. The number of carbonyl (C=O) groups excluding carboxylic acids is 3. The molecule has 4 aromatic rings. The van der Waals surface area contributed by atoms with Gasteiger partial charge in [-0.3, -0.25) is 14.4 Å². The van der Waals surface area contributed by atoms with E-state index >= 15 is 0 Å². The summed E-state index contributed by atoms with van der Waals surface area (Å²) in [6, 6.07) is 23.4. The van der Waals surface area contributed by atoms with Gasteiger partial charge < -0.3 is 20.5 Å². The van der Waals surface area contributed by atoms with Crippen molar-refractivity contribution in [1.29, 1.82) is 0 Å². The molecule has 3 amide bonds.